The van der Waals surface area contributed by atoms with Gasteiger partial charge in [-0.25, -0.2) is 9.78 Å². The summed E-state index contributed by atoms with van der Waals surface area (Å²) >= 11 is 1.10. The molecule has 0 radical (unpaired) electrons. The Hall–Kier alpha value is -2.08. The van der Waals surface area contributed by atoms with Crippen LogP contribution in [0.15, 0.2) is 23.7 Å². The third kappa shape index (κ3) is 1.62. The molecular formula is C11H7NO4S. The van der Waals surface area contributed by atoms with E-state index in [2.05, 4.69) is 4.98 Å². The predicted molar refractivity (Wildman–Crippen MR) is 60.6 cm³/mol. The highest BCUT2D eigenvalue weighted by Crippen LogP contribution is 2.36. The summed E-state index contributed by atoms with van der Waals surface area (Å²) in [6, 6.07) is 5.27. The van der Waals surface area contributed by atoms with Crippen molar-refractivity contribution in [1.82, 2.24) is 4.98 Å². The largest absolute Gasteiger partial charge is 0.477 e. The van der Waals surface area contributed by atoms with Crippen LogP contribution in [0, 0.1) is 0 Å². The van der Waals surface area contributed by atoms with E-state index in [0.717, 1.165) is 11.3 Å². The van der Waals surface area contributed by atoms with Crippen LogP contribution in [0.25, 0.3) is 11.3 Å². The first-order valence-corrected chi connectivity index (χ1v) is 5.70. The van der Waals surface area contributed by atoms with Crippen molar-refractivity contribution in [1.29, 1.82) is 0 Å². The van der Waals surface area contributed by atoms with Crippen molar-refractivity contribution >= 4 is 17.3 Å². The van der Waals surface area contributed by atoms with Gasteiger partial charge in [-0.1, -0.05) is 0 Å². The zero-order valence-corrected chi connectivity index (χ0v) is 9.36. The minimum atomic E-state index is -0.972. The van der Waals surface area contributed by atoms with Crippen LogP contribution in [-0.4, -0.2) is 22.9 Å². The number of aromatic nitrogens is 1. The number of aromatic carboxylic acids is 1. The van der Waals surface area contributed by atoms with Gasteiger partial charge in [0, 0.05) is 5.56 Å². The summed E-state index contributed by atoms with van der Waals surface area (Å²) in [5, 5.41) is 9.02. The van der Waals surface area contributed by atoms with Crippen molar-refractivity contribution in [2.75, 3.05) is 6.79 Å². The lowest BCUT2D eigenvalue weighted by atomic mass is 10.1. The monoisotopic (exact) mass is 249 g/mol. The van der Waals surface area contributed by atoms with E-state index in [-0.39, 0.29) is 11.7 Å². The molecule has 0 saturated heterocycles. The summed E-state index contributed by atoms with van der Waals surface area (Å²) in [5.74, 6) is 0.313. The van der Waals surface area contributed by atoms with Crippen LogP contribution >= 0.6 is 11.3 Å². The van der Waals surface area contributed by atoms with Gasteiger partial charge in [0.1, 0.15) is 4.88 Å². The molecule has 0 bridgehead atoms. The van der Waals surface area contributed by atoms with Gasteiger partial charge in [-0.2, -0.15) is 0 Å². The maximum Gasteiger partial charge on any atom is 0.348 e. The quantitative estimate of drug-likeness (QED) is 0.883. The number of thiazole rings is 1. The molecule has 2 aromatic rings. The molecule has 0 aliphatic carbocycles. The van der Waals surface area contributed by atoms with Crippen molar-refractivity contribution < 1.29 is 19.4 Å². The number of carboxylic acids is 1. The van der Waals surface area contributed by atoms with E-state index in [1.807, 2.05) is 0 Å². The Morgan fingerprint density at radius 1 is 1.35 bits per heavy atom. The van der Waals surface area contributed by atoms with Gasteiger partial charge in [0.2, 0.25) is 6.79 Å². The van der Waals surface area contributed by atoms with Crippen LogP contribution in [-0.2, 0) is 0 Å². The Morgan fingerprint density at radius 2 is 2.18 bits per heavy atom. The zero-order valence-electron chi connectivity index (χ0n) is 8.54. The minimum absolute atomic E-state index is 0.196. The summed E-state index contributed by atoms with van der Waals surface area (Å²) in [4.78, 5) is 15.3. The number of nitrogens with zero attached hydrogens (tertiary/aromatic N) is 1. The van der Waals surface area contributed by atoms with Crippen LogP contribution in [0.4, 0.5) is 0 Å². The molecule has 0 atom stereocenters. The van der Waals surface area contributed by atoms with Crippen molar-refractivity contribution in [3.05, 3.63) is 28.6 Å². The average Bonchev–Trinajstić information content (AvgIpc) is 2.96. The molecule has 0 spiro atoms. The van der Waals surface area contributed by atoms with Gasteiger partial charge in [0.05, 0.1) is 11.2 Å². The van der Waals surface area contributed by atoms with E-state index < -0.39 is 5.97 Å². The Kier molecular flexibility index (Phi) is 2.22. The predicted octanol–water partition coefficient (Wildman–Crippen LogP) is 2.24. The minimum Gasteiger partial charge on any atom is -0.477 e. The number of hydrogen-bond donors (Lipinski definition) is 1. The third-order valence-corrected chi connectivity index (χ3v) is 3.22. The number of carboxylic acid groups (broad SMARTS) is 1. The molecule has 1 N–H and O–H groups in total. The van der Waals surface area contributed by atoms with Crippen molar-refractivity contribution in [3.8, 4) is 22.8 Å². The fourth-order valence-electron chi connectivity index (χ4n) is 1.65. The average molecular weight is 249 g/mol. The molecular weight excluding hydrogens is 242 g/mol. The van der Waals surface area contributed by atoms with E-state index in [1.165, 1.54) is 5.51 Å². The fraction of sp³-hybridized carbons (Fsp3) is 0.0909. The van der Waals surface area contributed by atoms with Gasteiger partial charge in [-0.15, -0.1) is 11.3 Å². The molecule has 5 nitrogen and oxygen atoms in total. The van der Waals surface area contributed by atoms with E-state index in [1.54, 1.807) is 18.2 Å². The standard InChI is InChI=1S/C11H7NO4S/c13-11(14)10-9(12-4-17-10)6-1-2-7-8(3-6)16-5-15-7/h1-4H,5H2,(H,13,14). The topological polar surface area (TPSA) is 68.7 Å². The second-order valence-corrected chi connectivity index (χ2v) is 4.26. The van der Waals surface area contributed by atoms with E-state index >= 15 is 0 Å². The maximum atomic E-state index is 11.0. The summed E-state index contributed by atoms with van der Waals surface area (Å²) in [6.07, 6.45) is 0. The Morgan fingerprint density at radius 3 is 3.00 bits per heavy atom. The Labute approximate surface area is 100 Å². The SMILES string of the molecule is O=C(O)c1scnc1-c1ccc2c(c1)OCO2. The highest BCUT2D eigenvalue weighted by molar-refractivity contribution is 7.12. The molecule has 1 aromatic carbocycles. The Bertz CT molecular complexity index is 593. The van der Waals surface area contributed by atoms with E-state index in [9.17, 15) is 4.79 Å². The van der Waals surface area contributed by atoms with Crippen LogP contribution in [0.2, 0.25) is 0 Å². The molecule has 2 heterocycles. The molecule has 6 heteroatoms. The maximum absolute atomic E-state index is 11.0. The third-order valence-electron chi connectivity index (χ3n) is 2.41. The number of fused-ring (bicyclic) bond motifs is 1. The summed E-state index contributed by atoms with van der Waals surface area (Å²) in [7, 11) is 0. The van der Waals surface area contributed by atoms with Crippen LogP contribution < -0.4 is 9.47 Å². The summed E-state index contributed by atoms with van der Waals surface area (Å²) in [6.45, 7) is 0.196. The molecule has 0 saturated carbocycles. The summed E-state index contributed by atoms with van der Waals surface area (Å²) in [5.41, 5.74) is 2.69. The zero-order chi connectivity index (χ0) is 11.8. The van der Waals surface area contributed by atoms with Crippen molar-refractivity contribution in [3.63, 3.8) is 0 Å². The lowest BCUT2D eigenvalue weighted by molar-refractivity contribution is 0.0702. The molecule has 0 fully saturated rings. The number of benzene rings is 1. The molecule has 3 rings (SSSR count). The molecule has 86 valence electrons. The summed E-state index contributed by atoms with van der Waals surface area (Å²) < 4.78 is 10.4. The lowest BCUT2D eigenvalue weighted by Gasteiger charge is -2.01. The number of rotatable bonds is 2. The second kappa shape index (κ2) is 3.74. The molecule has 0 amide bonds. The van der Waals surface area contributed by atoms with E-state index in [4.69, 9.17) is 14.6 Å². The lowest BCUT2D eigenvalue weighted by Crippen LogP contribution is -1.95. The fourth-order valence-corrected chi connectivity index (χ4v) is 2.29. The highest BCUT2D eigenvalue weighted by Gasteiger charge is 2.19. The van der Waals surface area contributed by atoms with Gasteiger partial charge < -0.3 is 14.6 Å². The first kappa shape index (κ1) is 10.1. The first-order valence-electron chi connectivity index (χ1n) is 4.82. The molecule has 1 aliphatic rings. The Balaban J connectivity index is 2.09. The van der Waals surface area contributed by atoms with Crippen LogP contribution in [0.1, 0.15) is 9.67 Å². The highest BCUT2D eigenvalue weighted by atomic mass is 32.1. The molecule has 17 heavy (non-hydrogen) atoms. The number of ether oxygens (including phenoxy) is 2. The van der Waals surface area contributed by atoms with Crippen LogP contribution in [0.5, 0.6) is 11.5 Å². The second-order valence-electron chi connectivity index (χ2n) is 3.40. The van der Waals surface area contributed by atoms with Crippen molar-refractivity contribution in [2.24, 2.45) is 0 Å². The number of carbonyl (C=O) groups is 1. The van der Waals surface area contributed by atoms with Gasteiger partial charge in [0.25, 0.3) is 0 Å². The van der Waals surface area contributed by atoms with Gasteiger partial charge >= 0.3 is 5.97 Å². The van der Waals surface area contributed by atoms with Gasteiger partial charge in [-0.3, -0.25) is 0 Å². The first-order chi connectivity index (χ1) is 8.25. The van der Waals surface area contributed by atoms with Crippen LogP contribution in [0.3, 0.4) is 0 Å². The smallest absolute Gasteiger partial charge is 0.348 e. The van der Waals surface area contributed by atoms with Gasteiger partial charge in [-0.05, 0) is 18.2 Å². The van der Waals surface area contributed by atoms with Gasteiger partial charge in [0.15, 0.2) is 11.5 Å². The molecule has 0 unspecified atom stereocenters. The number of hydrogen-bond acceptors (Lipinski definition) is 5. The normalized spacial score (nSPS) is 12.7. The molecule has 1 aromatic heterocycles. The van der Waals surface area contributed by atoms with Crippen molar-refractivity contribution in [2.45, 2.75) is 0 Å². The molecule has 1 aliphatic heterocycles. The van der Waals surface area contributed by atoms with E-state index in [0.29, 0.717) is 22.8 Å².